The molecular formula is C17H19N3O3. The molecule has 1 amide bonds. The number of carbonyl (C=O) groups is 2. The van der Waals surface area contributed by atoms with Crippen LogP contribution in [0.2, 0.25) is 0 Å². The van der Waals surface area contributed by atoms with Gasteiger partial charge in [-0.1, -0.05) is 12.1 Å². The summed E-state index contributed by atoms with van der Waals surface area (Å²) in [5, 5.41) is 16.1. The number of carboxylic acid groups (broad SMARTS) is 1. The number of aromatic nitrogens is 2. The Labute approximate surface area is 134 Å². The van der Waals surface area contributed by atoms with E-state index >= 15 is 0 Å². The number of aliphatic carboxylic acids is 1. The average molecular weight is 313 g/mol. The Hall–Kier alpha value is -2.63. The molecule has 1 aromatic heterocycles. The molecule has 0 aliphatic heterocycles. The van der Waals surface area contributed by atoms with Gasteiger partial charge in [-0.3, -0.25) is 9.48 Å². The van der Waals surface area contributed by atoms with E-state index in [-0.39, 0.29) is 5.91 Å². The minimum Gasteiger partial charge on any atom is -0.479 e. The fourth-order valence-electron chi connectivity index (χ4n) is 2.82. The van der Waals surface area contributed by atoms with Gasteiger partial charge in [-0.2, -0.15) is 5.10 Å². The van der Waals surface area contributed by atoms with E-state index in [1.54, 1.807) is 13.8 Å². The van der Waals surface area contributed by atoms with Crippen molar-refractivity contribution in [2.75, 3.05) is 5.32 Å². The standard InChI is InChI=1S/C17H19N3O3/c1-17(2,16(22)23)20-10-12(9-18-20)19-15(21)14-8-4-6-11-5-3-7-13(11)14/h4,6,8-10H,3,5,7H2,1-2H3,(H,19,21)(H,22,23). The average Bonchev–Trinajstić information content (AvgIpc) is 3.15. The summed E-state index contributed by atoms with van der Waals surface area (Å²) in [5.74, 6) is -1.17. The molecule has 0 fully saturated rings. The van der Waals surface area contributed by atoms with Gasteiger partial charge in [0.15, 0.2) is 5.54 Å². The van der Waals surface area contributed by atoms with Crippen LogP contribution in [0.1, 0.15) is 41.8 Å². The molecule has 0 atom stereocenters. The molecule has 1 heterocycles. The SMILES string of the molecule is CC(C)(C(=O)O)n1cc(NC(=O)c2cccc3c2CCC3)cn1. The van der Waals surface area contributed by atoms with Gasteiger partial charge in [0.1, 0.15) is 0 Å². The first-order chi connectivity index (χ1) is 10.9. The molecule has 1 aromatic carbocycles. The van der Waals surface area contributed by atoms with Crippen molar-refractivity contribution in [3.63, 3.8) is 0 Å². The molecule has 0 bridgehead atoms. The molecule has 1 aliphatic rings. The first kappa shape index (κ1) is 15.3. The lowest BCUT2D eigenvalue weighted by atomic mass is 10.0. The highest BCUT2D eigenvalue weighted by atomic mass is 16.4. The largest absolute Gasteiger partial charge is 0.479 e. The highest BCUT2D eigenvalue weighted by molar-refractivity contribution is 6.05. The number of rotatable bonds is 4. The minimum atomic E-state index is -1.17. The van der Waals surface area contributed by atoms with E-state index in [0.29, 0.717) is 11.3 Å². The number of hydrogen-bond donors (Lipinski definition) is 2. The number of benzene rings is 1. The second kappa shape index (κ2) is 5.53. The lowest BCUT2D eigenvalue weighted by Gasteiger charge is -2.19. The monoisotopic (exact) mass is 313 g/mol. The van der Waals surface area contributed by atoms with Crippen molar-refractivity contribution >= 4 is 17.6 Å². The zero-order chi connectivity index (χ0) is 16.6. The second-order valence-corrected chi connectivity index (χ2v) is 6.29. The molecule has 23 heavy (non-hydrogen) atoms. The third kappa shape index (κ3) is 2.72. The van der Waals surface area contributed by atoms with Crippen LogP contribution >= 0.6 is 0 Å². The van der Waals surface area contributed by atoms with E-state index in [0.717, 1.165) is 24.8 Å². The molecule has 6 nitrogen and oxygen atoms in total. The van der Waals surface area contributed by atoms with Crippen molar-refractivity contribution < 1.29 is 14.7 Å². The molecule has 0 saturated heterocycles. The molecule has 0 spiro atoms. The van der Waals surface area contributed by atoms with Crippen molar-refractivity contribution in [2.24, 2.45) is 0 Å². The lowest BCUT2D eigenvalue weighted by molar-refractivity contribution is -0.146. The molecule has 0 unspecified atom stereocenters. The van der Waals surface area contributed by atoms with Gasteiger partial charge < -0.3 is 10.4 Å². The summed E-state index contributed by atoms with van der Waals surface area (Å²) < 4.78 is 1.33. The number of hydrogen-bond acceptors (Lipinski definition) is 3. The summed E-state index contributed by atoms with van der Waals surface area (Å²) in [4.78, 5) is 23.8. The number of nitrogens with one attached hydrogen (secondary N) is 1. The highest BCUT2D eigenvalue weighted by Crippen LogP contribution is 2.26. The number of fused-ring (bicyclic) bond motifs is 1. The van der Waals surface area contributed by atoms with E-state index in [9.17, 15) is 14.7 Å². The van der Waals surface area contributed by atoms with Gasteiger partial charge in [-0.25, -0.2) is 4.79 Å². The van der Waals surface area contributed by atoms with Gasteiger partial charge in [0.05, 0.1) is 11.9 Å². The van der Waals surface area contributed by atoms with Crippen LogP contribution in [-0.4, -0.2) is 26.8 Å². The molecule has 120 valence electrons. The van der Waals surface area contributed by atoms with Crippen molar-refractivity contribution in [3.05, 3.63) is 47.3 Å². The van der Waals surface area contributed by atoms with E-state index in [4.69, 9.17) is 0 Å². The molecule has 2 N–H and O–H groups in total. The Kier molecular flexibility index (Phi) is 3.67. The Balaban J connectivity index is 1.81. The lowest BCUT2D eigenvalue weighted by Crippen LogP contribution is -2.35. The highest BCUT2D eigenvalue weighted by Gasteiger charge is 2.30. The van der Waals surface area contributed by atoms with Gasteiger partial charge in [0, 0.05) is 11.8 Å². The van der Waals surface area contributed by atoms with Crippen LogP contribution in [0.25, 0.3) is 0 Å². The molecule has 2 aromatic rings. The van der Waals surface area contributed by atoms with Gasteiger partial charge in [0.2, 0.25) is 0 Å². The quantitative estimate of drug-likeness (QED) is 0.908. The summed E-state index contributed by atoms with van der Waals surface area (Å²) in [6.45, 7) is 3.11. The first-order valence-electron chi connectivity index (χ1n) is 7.60. The van der Waals surface area contributed by atoms with Crippen molar-refractivity contribution in [2.45, 2.75) is 38.6 Å². The van der Waals surface area contributed by atoms with Gasteiger partial charge >= 0.3 is 5.97 Å². The third-order valence-corrected chi connectivity index (χ3v) is 4.33. The summed E-state index contributed by atoms with van der Waals surface area (Å²) in [6.07, 6.45) is 6.01. The van der Waals surface area contributed by atoms with E-state index in [2.05, 4.69) is 16.5 Å². The van der Waals surface area contributed by atoms with Crippen LogP contribution in [0.4, 0.5) is 5.69 Å². The first-order valence-corrected chi connectivity index (χ1v) is 7.60. The molecule has 6 heteroatoms. The van der Waals surface area contributed by atoms with Gasteiger partial charge in [-0.15, -0.1) is 0 Å². The molecule has 0 saturated carbocycles. The number of carboxylic acids is 1. The minimum absolute atomic E-state index is 0.184. The Morgan fingerprint density at radius 1 is 1.30 bits per heavy atom. The zero-order valence-corrected chi connectivity index (χ0v) is 13.2. The number of aryl methyl sites for hydroxylation is 1. The molecule has 1 aliphatic carbocycles. The van der Waals surface area contributed by atoms with Crippen molar-refractivity contribution in [3.8, 4) is 0 Å². The van der Waals surface area contributed by atoms with Gasteiger partial charge in [0.25, 0.3) is 5.91 Å². The van der Waals surface area contributed by atoms with Crippen LogP contribution in [0.3, 0.4) is 0 Å². The molecule has 0 radical (unpaired) electrons. The Morgan fingerprint density at radius 3 is 2.83 bits per heavy atom. The van der Waals surface area contributed by atoms with Crippen LogP contribution in [0, 0.1) is 0 Å². The third-order valence-electron chi connectivity index (χ3n) is 4.33. The van der Waals surface area contributed by atoms with Crippen molar-refractivity contribution in [1.29, 1.82) is 0 Å². The maximum absolute atomic E-state index is 12.5. The number of anilines is 1. The van der Waals surface area contributed by atoms with Crippen LogP contribution in [0.5, 0.6) is 0 Å². The zero-order valence-electron chi connectivity index (χ0n) is 13.2. The van der Waals surface area contributed by atoms with Gasteiger partial charge in [-0.05, 0) is 50.3 Å². The van der Waals surface area contributed by atoms with Crippen LogP contribution < -0.4 is 5.32 Å². The molecular weight excluding hydrogens is 294 g/mol. The van der Waals surface area contributed by atoms with E-state index in [1.165, 1.54) is 22.6 Å². The van der Waals surface area contributed by atoms with Crippen molar-refractivity contribution in [1.82, 2.24) is 9.78 Å². The van der Waals surface area contributed by atoms with E-state index in [1.807, 2.05) is 12.1 Å². The number of carbonyl (C=O) groups excluding carboxylic acids is 1. The number of nitrogens with zero attached hydrogens (tertiary/aromatic N) is 2. The second-order valence-electron chi connectivity index (χ2n) is 6.29. The summed E-state index contributed by atoms with van der Waals surface area (Å²) in [6, 6.07) is 5.79. The molecule has 3 rings (SSSR count). The normalized spacial score (nSPS) is 13.7. The van der Waals surface area contributed by atoms with E-state index < -0.39 is 11.5 Å². The summed E-state index contributed by atoms with van der Waals surface area (Å²) >= 11 is 0. The summed E-state index contributed by atoms with van der Waals surface area (Å²) in [7, 11) is 0. The predicted octanol–water partition coefficient (Wildman–Crippen LogP) is 2.44. The summed E-state index contributed by atoms with van der Waals surface area (Å²) in [5.41, 5.74) is 2.35. The predicted molar refractivity (Wildman–Crippen MR) is 85.6 cm³/mol. The number of amides is 1. The topological polar surface area (TPSA) is 84.2 Å². The fraction of sp³-hybridized carbons (Fsp3) is 0.353. The Bertz CT molecular complexity index is 777. The smallest absolute Gasteiger partial charge is 0.331 e. The fourth-order valence-corrected chi connectivity index (χ4v) is 2.82. The Morgan fingerprint density at radius 2 is 2.09 bits per heavy atom. The maximum Gasteiger partial charge on any atom is 0.331 e. The van der Waals surface area contributed by atoms with Crippen LogP contribution in [-0.2, 0) is 23.2 Å². The maximum atomic E-state index is 12.5. The van der Waals surface area contributed by atoms with Crippen LogP contribution in [0.15, 0.2) is 30.6 Å².